The van der Waals surface area contributed by atoms with Crippen molar-refractivity contribution in [3.05, 3.63) is 81.7 Å². The normalized spacial score (nSPS) is 10.9. The Balaban J connectivity index is 1.62. The maximum absolute atomic E-state index is 12.4. The largest absolute Gasteiger partial charge is 0.493 e. The van der Waals surface area contributed by atoms with Crippen LogP contribution in [0, 0.1) is 0 Å². The molecule has 2 aromatic carbocycles. The first-order valence-corrected chi connectivity index (χ1v) is 9.36. The summed E-state index contributed by atoms with van der Waals surface area (Å²) in [5.41, 5.74) is 0.480. The fourth-order valence-electron chi connectivity index (χ4n) is 2.53. The molecule has 150 valence electrons. The van der Waals surface area contributed by atoms with E-state index in [4.69, 9.17) is 41.8 Å². The standard InChI is InChI=1S/C22H18Cl2O5/c1-26-21-10-3-14(11-22(21)27-2)20(25)9-7-15-4-5-17(29-15)13-28-16-6-8-18(23)19(24)12-16/h3-12H,13H2,1-2H3/b9-7+. The van der Waals surface area contributed by atoms with E-state index in [2.05, 4.69) is 0 Å². The second-order valence-electron chi connectivity index (χ2n) is 5.94. The van der Waals surface area contributed by atoms with E-state index in [-0.39, 0.29) is 12.4 Å². The Kier molecular flexibility index (Phi) is 6.86. The number of methoxy groups -OCH3 is 2. The van der Waals surface area contributed by atoms with Crippen LogP contribution in [0.4, 0.5) is 0 Å². The number of hydrogen-bond acceptors (Lipinski definition) is 5. The van der Waals surface area contributed by atoms with E-state index in [1.54, 1.807) is 61.7 Å². The molecule has 0 amide bonds. The zero-order chi connectivity index (χ0) is 20.8. The molecule has 0 unspecified atom stereocenters. The van der Waals surface area contributed by atoms with Gasteiger partial charge in [0.25, 0.3) is 0 Å². The number of carbonyl (C=O) groups excluding carboxylic acids is 1. The summed E-state index contributed by atoms with van der Waals surface area (Å²) >= 11 is 11.8. The molecule has 0 saturated heterocycles. The Hall–Kier alpha value is -2.89. The summed E-state index contributed by atoms with van der Waals surface area (Å²) in [7, 11) is 3.06. The highest BCUT2D eigenvalue weighted by molar-refractivity contribution is 6.42. The Labute approximate surface area is 178 Å². The summed E-state index contributed by atoms with van der Waals surface area (Å²) in [6.07, 6.45) is 3.03. The second-order valence-corrected chi connectivity index (χ2v) is 6.75. The van der Waals surface area contributed by atoms with Gasteiger partial charge in [0, 0.05) is 11.6 Å². The van der Waals surface area contributed by atoms with Crippen LogP contribution in [0.3, 0.4) is 0 Å². The summed E-state index contributed by atoms with van der Waals surface area (Å²) in [5, 5.41) is 0.879. The predicted octanol–water partition coefficient (Wildman–Crippen LogP) is 6.08. The number of hydrogen-bond donors (Lipinski definition) is 0. The molecule has 1 aromatic heterocycles. The van der Waals surface area contributed by atoms with Gasteiger partial charge in [0.1, 0.15) is 23.9 Å². The molecule has 29 heavy (non-hydrogen) atoms. The van der Waals surface area contributed by atoms with Gasteiger partial charge in [-0.2, -0.15) is 0 Å². The van der Waals surface area contributed by atoms with Crippen molar-refractivity contribution in [3.63, 3.8) is 0 Å². The lowest BCUT2D eigenvalue weighted by atomic mass is 10.1. The van der Waals surface area contributed by atoms with Crippen LogP contribution in [0.5, 0.6) is 17.2 Å². The van der Waals surface area contributed by atoms with E-state index in [9.17, 15) is 4.79 Å². The molecule has 0 saturated carbocycles. The van der Waals surface area contributed by atoms with Crippen LogP contribution in [0.1, 0.15) is 21.9 Å². The van der Waals surface area contributed by atoms with Crippen molar-refractivity contribution in [2.75, 3.05) is 14.2 Å². The molecular weight excluding hydrogens is 415 g/mol. The first-order chi connectivity index (χ1) is 14.0. The lowest BCUT2D eigenvalue weighted by molar-refractivity contribution is 0.104. The molecule has 7 heteroatoms. The summed E-state index contributed by atoms with van der Waals surface area (Å²) in [6.45, 7) is 0.218. The topological polar surface area (TPSA) is 57.9 Å². The molecule has 0 aliphatic carbocycles. The van der Waals surface area contributed by atoms with Gasteiger partial charge in [-0.05, 0) is 54.6 Å². The Morgan fingerprint density at radius 3 is 2.48 bits per heavy atom. The molecule has 0 spiro atoms. The SMILES string of the molecule is COc1ccc(C(=O)/C=C/c2ccc(COc3ccc(Cl)c(Cl)c3)o2)cc1OC. The fraction of sp³-hybridized carbons (Fsp3) is 0.136. The van der Waals surface area contributed by atoms with Gasteiger partial charge in [0.05, 0.1) is 24.3 Å². The van der Waals surface area contributed by atoms with Crippen molar-refractivity contribution in [1.82, 2.24) is 0 Å². The first kappa shape index (κ1) is 20.8. The zero-order valence-electron chi connectivity index (χ0n) is 15.8. The van der Waals surface area contributed by atoms with Crippen LogP contribution in [0.2, 0.25) is 10.0 Å². The highest BCUT2D eigenvalue weighted by Crippen LogP contribution is 2.28. The third-order valence-electron chi connectivity index (χ3n) is 4.02. The Bertz CT molecular complexity index is 1040. The van der Waals surface area contributed by atoms with Gasteiger partial charge in [0.15, 0.2) is 17.3 Å². The summed E-state index contributed by atoms with van der Waals surface area (Å²) in [5.74, 6) is 2.59. The fourth-order valence-corrected chi connectivity index (χ4v) is 2.81. The molecule has 0 N–H and O–H groups in total. The molecule has 5 nitrogen and oxygen atoms in total. The van der Waals surface area contributed by atoms with E-state index in [0.717, 1.165) is 0 Å². The molecule has 1 heterocycles. The van der Waals surface area contributed by atoms with Crippen molar-refractivity contribution >= 4 is 35.1 Å². The van der Waals surface area contributed by atoms with Crippen LogP contribution in [0.15, 0.2) is 59.0 Å². The number of benzene rings is 2. The number of carbonyl (C=O) groups is 1. The van der Waals surface area contributed by atoms with E-state index < -0.39 is 0 Å². The van der Waals surface area contributed by atoms with Crippen LogP contribution in [-0.2, 0) is 6.61 Å². The highest BCUT2D eigenvalue weighted by Gasteiger charge is 2.09. The van der Waals surface area contributed by atoms with E-state index in [1.165, 1.54) is 13.2 Å². The number of ketones is 1. The zero-order valence-corrected chi connectivity index (χ0v) is 17.3. The van der Waals surface area contributed by atoms with E-state index in [0.29, 0.717) is 44.4 Å². The highest BCUT2D eigenvalue weighted by atomic mass is 35.5. The van der Waals surface area contributed by atoms with Crippen molar-refractivity contribution in [3.8, 4) is 17.2 Å². The smallest absolute Gasteiger partial charge is 0.186 e. The van der Waals surface area contributed by atoms with E-state index in [1.807, 2.05) is 0 Å². The molecule has 3 rings (SSSR count). The Morgan fingerprint density at radius 2 is 1.76 bits per heavy atom. The molecule has 0 aliphatic rings. The third-order valence-corrected chi connectivity index (χ3v) is 4.76. The average Bonchev–Trinajstić information content (AvgIpc) is 3.20. The maximum atomic E-state index is 12.4. The molecular formula is C22H18Cl2O5. The minimum Gasteiger partial charge on any atom is -0.493 e. The maximum Gasteiger partial charge on any atom is 0.186 e. The molecule has 0 aliphatic heterocycles. The van der Waals surface area contributed by atoms with Crippen LogP contribution in [-0.4, -0.2) is 20.0 Å². The van der Waals surface area contributed by atoms with Gasteiger partial charge in [-0.15, -0.1) is 0 Å². The van der Waals surface area contributed by atoms with Crippen LogP contribution in [0.25, 0.3) is 6.08 Å². The van der Waals surface area contributed by atoms with Gasteiger partial charge in [-0.3, -0.25) is 4.79 Å². The summed E-state index contributed by atoms with van der Waals surface area (Å²) in [6, 6.07) is 13.5. The van der Waals surface area contributed by atoms with Gasteiger partial charge >= 0.3 is 0 Å². The first-order valence-electron chi connectivity index (χ1n) is 8.61. The minimum atomic E-state index is -0.184. The lowest BCUT2D eigenvalue weighted by Crippen LogP contribution is -1.97. The average molecular weight is 433 g/mol. The van der Waals surface area contributed by atoms with Gasteiger partial charge in [-0.1, -0.05) is 23.2 Å². The van der Waals surface area contributed by atoms with Crippen LogP contribution < -0.4 is 14.2 Å². The van der Waals surface area contributed by atoms with Crippen molar-refractivity contribution < 1.29 is 23.4 Å². The predicted molar refractivity (Wildman–Crippen MR) is 112 cm³/mol. The van der Waals surface area contributed by atoms with Gasteiger partial charge < -0.3 is 18.6 Å². The number of rotatable bonds is 8. The molecule has 0 bridgehead atoms. The van der Waals surface area contributed by atoms with Crippen molar-refractivity contribution in [2.24, 2.45) is 0 Å². The third kappa shape index (κ3) is 5.34. The summed E-state index contributed by atoms with van der Waals surface area (Å²) in [4.78, 5) is 12.4. The van der Waals surface area contributed by atoms with Crippen molar-refractivity contribution in [1.29, 1.82) is 0 Å². The number of ether oxygens (including phenoxy) is 3. The molecule has 0 radical (unpaired) electrons. The van der Waals surface area contributed by atoms with Crippen molar-refractivity contribution in [2.45, 2.75) is 6.61 Å². The van der Waals surface area contributed by atoms with Crippen LogP contribution >= 0.6 is 23.2 Å². The summed E-state index contributed by atoms with van der Waals surface area (Å²) < 4.78 is 21.7. The second kappa shape index (κ2) is 9.54. The molecule has 0 fully saturated rings. The number of halogens is 2. The van der Waals surface area contributed by atoms with Gasteiger partial charge in [-0.25, -0.2) is 0 Å². The quantitative estimate of drug-likeness (QED) is 0.318. The molecule has 3 aromatic rings. The molecule has 0 atom stereocenters. The Morgan fingerprint density at radius 1 is 0.966 bits per heavy atom. The number of allylic oxidation sites excluding steroid dienone is 1. The lowest BCUT2D eigenvalue weighted by Gasteiger charge is -2.07. The number of furan rings is 1. The minimum absolute atomic E-state index is 0.184. The monoisotopic (exact) mass is 432 g/mol. The van der Waals surface area contributed by atoms with Gasteiger partial charge in [0.2, 0.25) is 0 Å². The van der Waals surface area contributed by atoms with E-state index >= 15 is 0 Å².